The van der Waals surface area contributed by atoms with Crippen molar-refractivity contribution in [3.8, 4) is 17.3 Å². The molecule has 3 heterocycles. The minimum absolute atomic E-state index is 0.0189. The van der Waals surface area contributed by atoms with Crippen LogP contribution >= 0.6 is 0 Å². The number of benzene rings is 2. The summed E-state index contributed by atoms with van der Waals surface area (Å²) in [5.41, 5.74) is 10.1. The van der Waals surface area contributed by atoms with Gasteiger partial charge >= 0.3 is 0 Å². The van der Waals surface area contributed by atoms with Gasteiger partial charge in [-0.05, 0) is 36.3 Å². The Balaban J connectivity index is 1.30. The summed E-state index contributed by atoms with van der Waals surface area (Å²) < 4.78 is 5.58. The van der Waals surface area contributed by atoms with Crippen LogP contribution in [0.4, 0.5) is 5.82 Å². The Hall–Kier alpha value is -4.20. The number of hydrogen-bond acceptors (Lipinski definition) is 6. The molecule has 1 aliphatic rings. The van der Waals surface area contributed by atoms with Crippen LogP contribution in [0.2, 0.25) is 0 Å². The van der Waals surface area contributed by atoms with Gasteiger partial charge in [0.15, 0.2) is 18.2 Å². The lowest BCUT2D eigenvalue weighted by Gasteiger charge is -2.26. The van der Waals surface area contributed by atoms with Gasteiger partial charge in [-0.3, -0.25) is 4.79 Å². The molecular formula is C24H22N6O2. The van der Waals surface area contributed by atoms with Crippen molar-refractivity contribution in [2.75, 3.05) is 25.4 Å². The van der Waals surface area contributed by atoms with E-state index >= 15 is 0 Å². The van der Waals surface area contributed by atoms with Gasteiger partial charge in [0.2, 0.25) is 0 Å². The van der Waals surface area contributed by atoms with Crippen LogP contribution in [0.15, 0.2) is 66.9 Å². The molecule has 32 heavy (non-hydrogen) atoms. The van der Waals surface area contributed by atoms with Gasteiger partial charge in [0.1, 0.15) is 11.4 Å². The molecule has 8 heteroatoms. The average molecular weight is 426 g/mol. The topological polar surface area (TPSA) is 110 Å². The van der Waals surface area contributed by atoms with Gasteiger partial charge in [-0.2, -0.15) is 0 Å². The van der Waals surface area contributed by atoms with Gasteiger partial charge in [-0.25, -0.2) is 15.0 Å². The first-order valence-corrected chi connectivity index (χ1v) is 10.4. The van der Waals surface area contributed by atoms with E-state index in [2.05, 4.69) is 15.0 Å². The first-order chi connectivity index (χ1) is 15.7. The third-order valence-electron chi connectivity index (χ3n) is 5.41. The second kappa shape index (κ2) is 8.50. The highest BCUT2D eigenvalue weighted by atomic mass is 16.5. The summed E-state index contributed by atoms with van der Waals surface area (Å²) in [6, 6.07) is 17.1. The number of nitrogens with zero attached hydrogens (tertiary/aromatic N) is 4. The minimum Gasteiger partial charge on any atom is -0.484 e. The minimum atomic E-state index is -0.0458. The quantitative estimate of drug-likeness (QED) is 0.507. The third-order valence-corrected chi connectivity index (χ3v) is 5.41. The highest BCUT2D eigenvalue weighted by Gasteiger charge is 2.20. The van der Waals surface area contributed by atoms with Crippen LogP contribution in [0.5, 0.6) is 5.75 Å². The number of fused-ring (bicyclic) bond motifs is 1. The van der Waals surface area contributed by atoms with Crippen LogP contribution in [0.3, 0.4) is 0 Å². The third kappa shape index (κ3) is 4.02. The number of nitrogens with two attached hydrogens (primary N) is 1. The molecular weight excluding hydrogens is 404 g/mol. The number of carbonyl (C=O) groups is 1. The Morgan fingerprint density at radius 2 is 1.91 bits per heavy atom. The van der Waals surface area contributed by atoms with Crippen molar-refractivity contribution in [2.45, 2.75) is 6.42 Å². The lowest BCUT2D eigenvalue weighted by molar-refractivity contribution is -0.132. The number of aromatic amines is 1. The summed E-state index contributed by atoms with van der Waals surface area (Å²) in [6.45, 7) is 1.11. The van der Waals surface area contributed by atoms with Gasteiger partial charge < -0.3 is 20.4 Å². The summed E-state index contributed by atoms with van der Waals surface area (Å²) in [4.78, 5) is 31.2. The van der Waals surface area contributed by atoms with Crippen LogP contribution in [0.1, 0.15) is 12.1 Å². The molecule has 0 fully saturated rings. The maximum atomic E-state index is 12.5. The maximum absolute atomic E-state index is 12.5. The van der Waals surface area contributed by atoms with E-state index < -0.39 is 0 Å². The standard InChI is InChI=1S/C24H22N6O2/c25-23-22(24-28-18-8-4-5-9-19(18)29-24)27-20(14-26-23)16-10-12-30(13-11-16)21(31)15-32-17-6-2-1-3-7-17/h1-10,14H,11-13,15H2,(H2,25,26)(H,28,29). The van der Waals surface area contributed by atoms with Crippen molar-refractivity contribution in [3.05, 3.63) is 72.6 Å². The van der Waals surface area contributed by atoms with E-state index in [1.807, 2.05) is 60.7 Å². The predicted octanol–water partition coefficient (Wildman–Crippen LogP) is 3.30. The van der Waals surface area contributed by atoms with Crippen LogP contribution in [0.25, 0.3) is 28.1 Å². The Labute approximate surface area is 184 Å². The second-order valence-corrected chi connectivity index (χ2v) is 7.51. The van der Waals surface area contributed by atoms with Gasteiger partial charge in [-0.1, -0.05) is 36.4 Å². The fourth-order valence-corrected chi connectivity index (χ4v) is 3.67. The van der Waals surface area contributed by atoms with Crippen molar-refractivity contribution < 1.29 is 9.53 Å². The molecule has 3 N–H and O–H groups in total. The lowest BCUT2D eigenvalue weighted by atomic mass is 10.0. The van der Waals surface area contributed by atoms with Crippen molar-refractivity contribution in [2.24, 2.45) is 0 Å². The number of ether oxygens (including phenoxy) is 1. The predicted molar refractivity (Wildman–Crippen MR) is 123 cm³/mol. The summed E-state index contributed by atoms with van der Waals surface area (Å²) >= 11 is 0. The molecule has 0 saturated carbocycles. The monoisotopic (exact) mass is 426 g/mol. The number of rotatable bonds is 5. The highest BCUT2D eigenvalue weighted by Crippen LogP contribution is 2.27. The zero-order valence-corrected chi connectivity index (χ0v) is 17.4. The molecule has 0 unspecified atom stereocenters. The Bertz CT molecular complexity index is 1270. The van der Waals surface area contributed by atoms with E-state index in [0.717, 1.165) is 22.3 Å². The van der Waals surface area contributed by atoms with Crippen LogP contribution < -0.4 is 10.5 Å². The molecule has 2 aromatic carbocycles. The zero-order valence-electron chi connectivity index (χ0n) is 17.4. The number of aromatic nitrogens is 4. The van der Waals surface area contributed by atoms with Gasteiger partial charge in [0.05, 0.1) is 22.9 Å². The second-order valence-electron chi connectivity index (χ2n) is 7.51. The molecule has 0 atom stereocenters. The normalized spacial score (nSPS) is 13.8. The number of anilines is 1. The molecule has 0 radical (unpaired) electrons. The van der Waals surface area contributed by atoms with Crippen molar-refractivity contribution in [3.63, 3.8) is 0 Å². The van der Waals surface area contributed by atoms with Gasteiger partial charge in [0.25, 0.3) is 5.91 Å². The zero-order chi connectivity index (χ0) is 21.9. The van der Waals surface area contributed by atoms with E-state index in [-0.39, 0.29) is 12.5 Å². The summed E-state index contributed by atoms with van der Waals surface area (Å²) in [5.74, 6) is 1.54. The van der Waals surface area contributed by atoms with Gasteiger partial charge in [0, 0.05) is 13.1 Å². The molecule has 160 valence electrons. The summed E-state index contributed by atoms with van der Waals surface area (Å²) in [7, 11) is 0. The molecule has 1 amide bonds. The van der Waals surface area contributed by atoms with E-state index in [4.69, 9.17) is 15.5 Å². The largest absolute Gasteiger partial charge is 0.484 e. The molecule has 0 saturated heterocycles. The Morgan fingerprint density at radius 1 is 1.09 bits per heavy atom. The van der Waals surface area contributed by atoms with Crippen molar-refractivity contribution >= 4 is 28.3 Å². The maximum Gasteiger partial charge on any atom is 0.260 e. The van der Waals surface area contributed by atoms with Crippen LogP contribution in [0, 0.1) is 0 Å². The fourth-order valence-electron chi connectivity index (χ4n) is 3.67. The molecule has 0 aliphatic carbocycles. The van der Waals surface area contributed by atoms with Gasteiger partial charge in [-0.15, -0.1) is 0 Å². The Kier molecular flexibility index (Phi) is 5.25. The SMILES string of the molecule is Nc1ncc(C2=CCN(C(=O)COc3ccccc3)CC2)nc1-c1nc2ccccc2[nH]1. The van der Waals surface area contributed by atoms with E-state index in [0.29, 0.717) is 42.6 Å². The lowest BCUT2D eigenvalue weighted by Crippen LogP contribution is -2.37. The number of para-hydroxylation sites is 3. The first kappa shape index (κ1) is 19.7. The number of nitrogens with one attached hydrogen (secondary N) is 1. The van der Waals surface area contributed by atoms with E-state index in [1.165, 1.54) is 0 Å². The molecule has 0 spiro atoms. The number of hydrogen-bond donors (Lipinski definition) is 2. The molecule has 0 bridgehead atoms. The molecule has 2 aromatic heterocycles. The summed E-state index contributed by atoms with van der Waals surface area (Å²) in [5, 5.41) is 0. The number of imidazole rings is 1. The van der Waals surface area contributed by atoms with Crippen LogP contribution in [-0.4, -0.2) is 50.4 Å². The number of nitrogen functional groups attached to an aromatic ring is 1. The number of carbonyl (C=O) groups excluding carboxylic acids is 1. The first-order valence-electron chi connectivity index (χ1n) is 10.4. The molecule has 4 aromatic rings. The van der Waals surface area contributed by atoms with E-state index in [9.17, 15) is 4.79 Å². The smallest absolute Gasteiger partial charge is 0.260 e. The Morgan fingerprint density at radius 3 is 2.69 bits per heavy atom. The fraction of sp³-hybridized carbons (Fsp3) is 0.167. The number of H-pyrrole nitrogens is 1. The van der Waals surface area contributed by atoms with Crippen molar-refractivity contribution in [1.29, 1.82) is 0 Å². The highest BCUT2D eigenvalue weighted by molar-refractivity contribution is 5.81. The number of amides is 1. The summed E-state index contributed by atoms with van der Waals surface area (Å²) in [6.07, 6.45) is 4.35. The molecule has 8 nitrogen and oxygen atoms in total. The van der Waals surface area contributed by atoms with Crippen LogP contribution in [-0.2, 0) is 4.79 Å². The van der Waals surface area contributed by atoms with E-state index in [1.54, 1.807) is 11.1 Å². The molecule has 5 rings (SSSR count). The average Bonchev–Trinajstić information content (AvgIpc) is 3.28. The molecule has 1 aliphatic heterocycles. The van der Waals surface area contributed by atoms with Crippen molar-refractivity contribution in [1.82, 2.24) is 24.8 Å².